The van der Waals surface area contributed by atoms with E-state index in [1.54, 1.807) is 0 Å². The lowest BCUT2D eigenvalue weighted by Gasteiger charge is -2.27. The Morgan fingerprint density at radius 3 is 2.69 bits per heavy atom. The van der Waals surface area contributed by atoms with Gasteiger partial charge in [-0.15, -0.1) is 0 Å². The Bertz CT molecular complexity index is 952. The third kappa shape index (κ3) is 4.25. The molecule has 2 heterocycles. The van der Waals surface area contributed by atoms with Gasteiger partial charge < -0.3 is 5.32 Å². The standard InChI is InChI=1S/C18H18N6O5/c19-23-20-8-2-1-3-14(25)21-10-4-5-11-12(9-10)18(29)24(17(11)28)13-6-7-15(26)22-16(13)27/h4-5,9,13H,1-3,6-8H2,(H,21,25)(H,22,26,27). The van der Waals surface area contributed by atoms with Gasteiger partial charge in [0.2, 0.25) is 17.7 Å². The second-order valence-electron chi connectivity index (χ2n) is 6.67. The summed E-state index contributed by atoms with van der Waals surface area (Å²) in [6.45, 7) is 0.315. The first kappa shape index (κ1) is 20.0. The van der Waals surface area contributed by atoms with E-state index in [9.17, 15) is 24.0 Å². The number of carbonyl (C=O) groups excluding carboxylic acids is 5. The van der Waals surface area contributed by atoms with Gasteiger partial charge in [-0.05, 0) is 43.0 Å². The smallest absolute Gasteiger partial charge is 0.262 e. The van der Waals surface area contributed by atoms with Crippen LogP contribution in [0.5, 0.6) is 0 Å². The number of benzene rings is 1. The van der Waals surface area contributed by atoms with Crippen LogP contribution in [-0.4, -0.2) is 47.0 Å². The Morgan fingerprint density at radius 1 is 1.21 bits per heavy atom. The minimum Gasteiger partial charge on any atom is -0.326 e. The van der Waals surface area contributed by atoms with Gasteiger partial charge >= 0.3 is 0 Å². The molecule has 3 rings (SSSR count). The molecule has 1 unspecified atom stereocenters. The van der Waals surface area contributed by atoms with E-state index in [1.807, 2.05) is 0 Å². The zero-order chi connectivity index (χ0) is 21.0. The van der Waals surface area contributed by atoms with E-state index in [1.165, 1.54) is 18.2 Å². The lowest BCUT2D eigenvalue weighted by molar-refractivity contribution is -0.136. The lowest BCUT2D eigenvalue weighted by Crippen LogP contribution is -2.54. The van der Waals surface area contributed by atoms with Crippen LogP contribution in [0.25, 0.3) is 10.4 Å². The summed E-state index contributed by atoms with van der Waals surface area (Å²) in [5.74, 6) is -2.62. The SMILES string of the molecule is [N-]=[N+]=NCCCCC(=O)Nc1ccc2c(c1)C(=O)N(C1CCC(=O)NC1=O)C2=O. The largest absolute Gasteiger partial charge is 0.326 e. The molecule has 0 aliphatic carbocycles. The first-order chi connectivity index (χ1) is 13.9. The van der Waals surface area contributed by atoms with Crippen molar-refractivity contribution < 1.29 is 24.0 Å². The Kier molecular flexibility index (Phi) is 5.89. The number of fused-ring (bicyclic) bond motifs is 1. The Balaban J connectivity index is 1.67. The molecule has 11 nitrogen and oxygen atoms in total. The van der Waals surface area contributed by atoms with Gasteiger partial charge in [0, 0.05) is 30.0 Å². The molecule has 0 aromatic heterocycles. The number of hydrogen-bond donors (Lipinski definition) is 2. The van der Waals surface area contributed by atoms with Crippen molar-refractivity contribution in [1.82, 2.24) is 10.2 Å². The van der Waals surface area contributed by atoms with Gasteiger partial charge in [-0.2, -0.15) is 0 Å². The van der Waals surface area contributed by atoms with E-state index in [0.717, 1.165) is 4.90 Å². The van der Waals surface area contributed by atoms with Gasteiger partial charge in [0.05, 0.1) is 11.1 Å². The summed E-state index contributed by atoms with van der Waals surface area (Å²) in [6.07, 6.45) is 1.46. The van der Waals surface area contributed by atoms with Crippen molar-refractivity contribution >= 4 is 35.2 Å². The fourth-order valence-electron chi connectivity index (χ4n) is 3.29. The highest BCUT2D eigenvalue weighted by atomic mass is 16.2. The molecule has 2 aliphatic rings. The third-order valence-corrected chi connectivity index (χ3v) is 4.70. The number of azide groups is 1. The number of rotatable bonds is 7. The van der Waals surface area contributed by atoms with Crippen LogP contribution in [-0.2, 0) is 14.4 Å². The highest BCUT2D eigenvalue weighted by molar-refractivity contribution is 6.23. The molecule has 0 saturated carbocycles. The van der Waals surface area contributed by atoms with Crippen molar-refractivity contribution in [2.75, 3.05) is 11.9 Å². The quantitative estimate of drug-likeness (QED) is 0.233. The van der Waals surface area contributed by atoms with Crippen LogP contribution < -0.4 is 10.6 Å². The second kappa shape index (κ2) is 8.53. The Labute approximate surface area is 165 Å². The molecule has 0 radical (unpaired) electrons. The first-order valence-electron chi connectivity index (χ1n) is 9.08. The molecular formula is C18H18N6O5. The zero-order valence-electron chi connectivity index (χ0n) is 15.4. The van der Waals surface area contributed by atoms with Gasteiger partial charge in [-0.1, -0.05) is 5.11 Å². The fourth-order valence-corrected chi connectivity index (χ4v) is 3.29. The summed E-state index contributed by atoms with van der Waals surface area (Å²) in [5, 5.41) is 8.19. The number of carbonyl (C=O) groups is 5. The molecule has 1 fully saturated rings. The number of imide groups is 2. The molecule has 1 saturated heterocycles. The van der Waals surface area contributed by atoms with E-state index in [0.29, 0.717) is 25.1 Å². The van der Waals surface area contributed by atoms with Gasteiger partial charge in [0.1, 0.15) is 6.04 Å². The van der Waals surface area contributed by atoms with E-state index in [2.05, 4.69) is 20.7 Å². The number of amides is 5. The number of anilines is 1. The summed E-state index contributed by atoms with van der Waals surface area (Å²) in [6, 6.07) is 3.31. The van der Waals surface area contributed by atoms with Crippen LogP contribution in [0.3, 0.4) is 0 Å². The maximum absolute atomic E-state index is 12.7. The first-order valence-corrected chi connectivity index (χ1v) is 9.08. The highest BCUT2D eigenvalue weighted by Crippen LogP contribution is 2.29. The summed E-state index contributed by atoms with van der Waals surface area (Å²) >= 11 is 0. The average molecular weight is 398 g/mol. The van der Waals surface area contributed by atoms with Crippen molar-refractivity contribution in [2.24, 2.45) is 5.11 Å². The third-order valence-electron chi connectivity index (χ3n) is 4.70. The van der Waals surface area contributed by atoms with Crippen molar-refractivity contribution in [3.8, 4) is 0 Å². The van der Waals surface area contributed by atoms with Crippen molar-refractivity contribution in [3.63, 3.8) is 0 Å². The van der Waals surface area contributed by atoms with Crippen LogP contribution in [0.2, 0.25) is 0 Å². The second-order valence-corrected chi connectivity index (χ2v) is 6.67. The van der Waals surface area contributed by atoms with E-state index in [4.69, 9.17) is 5.53 Å². The fraction of sp³-hybridized carbons (Fsp3) is 0.389. The average Bonchev–Trinajstić information content (AvgIpc) is 2.92. The van der Waals surface area contributed by atoms with Crippen molar-refractivity contribution in [3.05, 3.63) is 39.8 Å². The van der Waals surface area contributed by atoms with Crippen LogP contribution in [0.1, 0.15) is 52.8 Å². The van der Waals surface area contributed by atoms with Crippen LogP contribution >= 0.6 is 0 Å². The predicted molar refractivity (Wildman–Crippen MR) is 99.6 cm³/mol. The molecule has 11 heteroatoms. The monoisotopic (exact) mass is 398 g/mol. The molecular weight excluding hydrogens is 380 g/mol. The predicted octanol–water partition coefficient (Wildman–Crippen LogP) is 1.51. The summed E-state index contributed by atoms with van der Waals surface area (Å²) in [5.41, 5.74) is 8.80. The Morgan fingerprint density at radius 2 is 1.97 bits per heavy atom. The summed E-state index contributed by atoms with van der Waals surface area (Å²) < 4.78 is 0. The van der Waals surface area contributed by atoms with Gasteiger partial charge in [-0.3, -0.25) is 34.2 Å². The maximum atomic E-state index is 12.7. The number of unbranched alkanes of at least 4 members (excludes halogenated alkanes) is 1. The van der Waals surface area contributed by atoms with Crippen LogP contribution in [0, 0.1) is 0 Å². The lowest BCUT2D eigenvalue weighted by atomic mass is 10.0. The number of piperidine rings is 1. The maximum Gasteiger partial charge on any atom is 0.262 e. The minimum absolute atomic E-state index is 0.0464. The molecule has 1 aromatic rings. The van der Waals surface area contributed by atoms with Gasteiger partial charge in [-0.25, -0.2) is 0 Å². The van der Waals surface area contributed by atoms with Gasteiger partial charge in [0.15, 0.2) is 0 Å². The number of hydrogen-bond acceptors (Lipinski definition) is 6. The van der Waals surface area contributed by atoms with Crippen molar-refractivity contribution in [1.29, 1.82) is 0 Å². The molecule has 0 bridgehead atoms. The number of nitrogens with one attached hydrogen (secondary N) is 2. The highest BCUT2D eigenvalue weighted by Gasteiger charge is 2.44. The van der Waals surface area contributed by atoms with Crippen LogP contribution in [0.15, 0.2) is 23.3 Å². The van der Waals surface area contributed by atoms with Crippen LogP contribution in [0.4, 0.5) is 5.69 Å². The van der Waals surface area contributed by atoms with Crippen molar-refractivity contribution in [2.45, 2.75) is 38.1 Å². The molecule has 2 N–H and O–H groups in total. The molecule has 1 aromatic carbocycles. The number of nitrogens with zero attached hydrogens (tertiary/aromatic N) is 4. The summed E-state index contributed by atoms with van der Waals surface area (Å²) in [7, 11) is 0. The molecule has 0 spiro atoms. The molecule has 1 atom stereocenters. The molecule has 29 heavy (non-hydrogen) atoms. The zero-order valence-corrected chi connectivity index (χ0v) is 15.4. The minimum atomic E-state index is -1.03. The van der Waals surface area contributed by atoms with E-state index in [-0.39, 0.29) is 36.3 Å². The molecule has 150 valence electrons. The molecule has 5 amide bonds. The topological polar surface area (TPSA) is 161 Å². The summed E-state index contributed by atoms with van der Waals surface area (Å²) in [4.78, 5) is 64.2. The molecule has 2 aliphatic heterocycles. The van der Waals surface area contributed by atoms with E-state index >= 15 is 0 Å². The Hall–Kier alpha value is -3.72. The van der Waals surface area contributed by atoms with E-state index < -0.39 is 29.7 Å². The normalized spacial score (nSPS) is 18.2. The van der Waals surface area contributed by atoms with Gasteiger partial charge in [0.25, 0.3) is 11.8 Å².